The maximum absolute atomic E-state index is 12.3. The minimum absolute atomic E-state index is 0.121. The number of nitrogens with one attached hydrogen (secondary N) is 1. The zero-order valence-corrected chi connectivity index (χ0v) is 16.8. The first-order chi connectivity index (χ1) is 13.5. The average molecular weight is 383 g/mol. The quantitative estimate of drug-likeness (QED) is 0.794. The monoisotopic (exact) mass is 383 g/mol. The van der Waals surface area contributed by atoms with E-state index in [0.29, 0.717) is 11.8 Å². The van der Waals surface area contributed by atoms with Gasteiger partial charge in [0, 0.05) is 17.0 Å². The summed E-state index contributed by atoms with van der Waals surface area (Å²) in [6, 6.07) is 4.41. The van der Waals surface area contributed by atoms with E-state index in [1.165, 1.54) is 24.0 Å². The summed E-state index contributed by atoms with van der Waals surface area (Å²) >= 11 is 0. The lowest BCUT2D eigenvalue weighted by Crippen LogP contribution is -2.45. The van der Waals surface area contributed by atoms with Crippen LogP contribution in [-0.4, -0.2) is 24.5 Å². The first kappa shape index (κ1) is 19.0. The molecular formula is C23H29NO4. The van der Waals surface area contributed by atoms with E-state index in [9.17, 15) is 9.59 Å². The van der Waals surface area contributed by atoms with Crippen molar-refractivity contribution in [2.75, 3.05) is 6.61 Å². The first-order valence-corrected chi connectivity index (χ1v) is 10.5. The molecule has 1 fully saturated rings. The molecule has 0 bridgehead atoms. The van der Waals surface area contributed by atoms with Gasteiger partial charge in [-0.25, -0.2) is 0 Å². The van der Waals surface area contributed by atoms with E-state index in [2.05, 4.69) is 31.3 Å². The van der Waals surface area contributed by atoms with Crippen molar-refractivity contribution in [3.8, 4) is 0 Å². The molecule has 1 aromatic heterocycles. The third-order valence-electron chi connectivity index (χ3n) is 6.62. The maximum Gasteiger partial charge on any atom is 0.310 e. The van der Waals surface area contributed by atoms with Crippen LogP contribution in [0.15, 0.2) is 22.8 Å². The predicted octanol–water partition coefficient (Wildman–Crippen LogP) is 3.95. The van der Waals surface area contributed by atoms with E-state index < -0.39 is 5.97 Å². The molecule has 0 unspecified atom stereocenters. The molecule has 1 heterocycles. The topological polar surface area (TPSA) is 68.5 Å². The van der Waals surface area contributed by atoms with Crippen molar-refractivity contribution in [3.63, 3.8) is 0 Å². The largest absolute Gasteiger partial charge is 0.464 e. The highest BCUT2D eigenvalue weighted by molar-refractivity contribution is 5.88. The van der Waals surface area contributed by atoms with Gasteiger partial charge in [-0.2, -0.15) is 0 Å². The minimum Gasteiger partial charge on any atom is -0.464 e. The average Bonchev–Trinajstić information content (AvgIpc) is 3.28. The van der Waals surface area contributed by atoms with Crippen molar-refractivity contribution >= 4 is 22.8 Å². The molecule has 1 saturated carbocycles. The summed E-state index contributed by atoms with van der Waals surface area (Å²) in [5, 5.41) is 4.02. The molecule has 1 aromatic carbocycles. The lowest BCUT2D eigenvalue weighted by atomic mass is 9.78. The third kappa shape index (κ3) is 3.94. The van der Waals surface area contributed by atoms with Crippen LogP contribution in [0.2, 0.25) is 0 Å². The molecule has 0 aliphatic heterocycles. The van der Waals surface area contributed by atoms with Gasteiger partial charge in [-0.1, -0.05) is 26.7 Å². The zero-order chi connectivity index (χ0) is 19.7. The number of hydrogen-bond donors (Lipinski definition) is 1. The molecule has 4 rings (SSSR count). The SMILES string of the molecule is C[C@H]1[C@H](C)CCC[C@H]1NC(=O)COC(=O)Cc1coc2cc3c(cc12)CCC3. The fraction of sp³-hybridized carbons (Fsp3) is 0.565. The van der Waals surface area contributed by atoms with Gasteiger partial charge in [0.1, 0.15) is 5.58 Å². The Hall–Kier alpha value is -2.30. The van der Waals surface area contributed by atoms with Crippen LogP contribution in [0.3, 0.4) is 0 Å². The van der Waals surface area contributed by atoms with Crippen LogP contribution in [0.4, 0.5) is 0 Å². The second-order valence-electron chi connectivity index (χ2n) is 8.51. The smallest absolute Gasteiger partial charge is 0.310 e. The molecule has 150 valence electrons. The summed E-state index contributed by atoms with van der Waals surface area (Å²) in [6.07, 6.45) is 8.44. The molecule has 2 aromatic rings. The second-order valence-corrected chi connectivity index (χ2v) is 8.51. The van der Waals surface area contributed by atoms with Crippen LogP contribution in [0, 0.1) is 11.8 Å². The number of hydrogen-bond acceptors (Lipinski definition) is 4. The lowest BCUT2D eigenvalue weighted by molar-refractivity contribution is -0.148. The van der Waals surface area contributed by atoms with Crippen LogP contribution in [0.1, 0.15) is 56.2 Å². The molecular weight excluding hydrogens is 354 g/mol. The molecule has 5 heteroatoms. The van der Waals surface area contributed by atoms with E-state index in [1.54, 1.807) is 6.26 Å². The van der Waals surface area contributed by atoms with Gasteiger partial charge < -0.3 is 14.5 Å². The van der Waals surface area contributed by atoms with E-state index in [0.717, 1.165) is 42.2 Å². The van der Waals surface area contributed by atoms with Crippen LogP contribution < -0.4 is 5.32 Å². The Morgan fingerprint density at radius 2 is 1.93 bits per heavy atom. The van der Waals surface area contributed by atoms with Crippen molar-refractivity contribution in [1.82, 2.24) is 5.32 Å². The molecule has 0 saturated heterocycles. The molecule has 5 nitrogen and oxygen atoms in total. The number of aryl methyl sites for hydroxylation is 2. The van der Waals surface area contributed by atoms with Gasteiger partial charge in [-0.15, -0.1) is 0 Å². The fourth-order valence-electron chi connectivity index (χ4n) is 4.67. The van der Waals surface area contributed by atoms with Crippen molar-refractivity contribution in [2.45, 2.75) is 64.8 Å². The van der Waals surface area contributed by atoms with Crippen LogP contribution in [-0.2, 0) is 33.6 Å². The predicted molar refractivity (Wildman–Crippen MR) is 107 cm³/mol. The van der Waals surface area contributed by atoms with Crippen molar-refractivity contribution in [2.24, 2.45) is 11.8 Å². The summed E-state index contributed by atoms with van der Waals surface area (Å²) in [4.78, 5) is 24.5. The Labute approximate surface area is 165 Å². The third-order valence-corrected chi connectivity index (χ3v) is 6.62. The molecule has 2 aliphatic carbocycles. The highest BCUT2D eigenvalue weighted by Crippen LogP contribution is 2.31. The van der Waals surface area contributed by atoms with Gasteiger partial charge >= 0.3 is 5.97 Å². The standard InChI is InChI=1S/C23H29NO4/c1-14-5-3-8-20(15(14)2)24-22(25)13-28-23(26)11-18-12-27-21-10-17-7-4-6-16(17)9-19(18)21/h9-10,12,14-15,20H,3-8,11,13H2,1-2H3,(H,24,25)/t14-,15+,20-/m1/s1. The van der Waals surface area contributed by atoms with Gasteiger partial charge in [0.15, 0.2) is 6.61 Å². The number of carbonyl (C=O) groups excluding carboxylic acids is 2. The normalized spacial score (nSPS) is 24.1. The van der Waals surface area contributed by atoms with Gasteiger partial charge in [-0.05, 0) is 60.8 Å². The number of ether oxygens (including phenoxy) is 1. The van der Waals surface area contributed by atoms with Crippen LogP contribution in [0.5, 0.6) is 0 Å². The molecule has 0 spiro atoms. The maximum atomic E-state index is 12.3. The lowest BCUT2D eigenvalue weighted by Gasteiger charge is -2.34. The molecule has 1 N–H and O–H groups in total. The number of esters is 1. The van der Waals surface area contributed by atoms with Crippen molar-refractivity contribution in [3.05, 3.63) is 35.1 Å². The van der Waals surface area contributed by atoms with E-state index in [1.807, 2.05) is 0 Å². The van der Waals surface area contributed by atoms with Crippen LogP contribution >= 0.6 is 0 Å². The van der Waals surface area contributed by atoms with Crippen LogP contribution in [0.25, 0.3) is 11.0 Å². The minimum atomic E-state index is -0.400. The van der Waals surface area contributed by atoms with Crippen molar-refractivity contribution in [1.29, 1.82) is 0 Å². The molecule has 28 heavy (non-hydrogen) atoms. The Morgan fingerprint density at radius 3 is 2.75 bits per heavy atom. The number of furan rings is 1. The number of benzene rings is 1. The summed E-state index contributed by atoms with van der Waals surface area (Å²) in [5.41, 5.74) is 4.34. The van der Waals surface area contributed by atoms with E-state index in [4.69, 9.17) is 9.15 Å². The molecule has 3 atom stereocenters. The van der Waals surface area contributed by atoms with Gasteiger partial charge in [0.05, 0.1) is 12.7 Å². The number of fused-ring (bicyclic) bond motifs is 2. The Bertz CT molecular complexity index is 884. The molecule has 2 aliphatic rings. The fourth-order valence-corrected chi connectivity index (χ4v) is 4.67. The zero-order valence-electron chi connectivity index (χ0n) is 16.8. The van der Waals surface area contributed by atoms with E-state index in [-0.39, 0.29) is 25.0 Å². The van der Waals surface area contributed by atoms with Crippen molar-refractivity contribution < 1.29 is 18.7 Å². The van der Waals surface area contributed by atoms with Gasteiger partial charge in [0.25, 0.3) is 5.91 Å². The second kappa shape index (κ2) is 7.98. The number of carbonyl (C=O) groups is 2. The van der Waals surface area contributed by atoms with Gasteiger partial charge in [-0.3, -0.25) is 9.59 Å². The Kier molecular flexibility index (Phi) is 5.42. The molecule has 1 amide bonds. The summed E-state index contributed by atoms with van der Waals surface area (Å²) in [7, 11) is 0. The summed E-state index contributed by atoms with van der Waals surface area (Å²) < 4.78 is 10.9. The van der Waals surface area contributed by atoms with Gasteiger partial charge in [0.2, 0.25) is 0 Å². The Morgan fingerprint density at radius 1 is 1.14 bits per heavy atom. The Balaban J connectivity index is 1.31. The first-order valence-electron chi connectivity index (χ1n) is 10.5. The summed E-state index contributed by atoms with van der Waals surface area (Å²) in [5.74, 6) is 0.447. The highest BCUT2D eigenvalue weighted by atomic mass is 16.5. The summed E-state index contributed by atoms with van der Waals surface area (Å²) in [6.45, 7) is 4.19. The number of rotatable bonds is 5. The molecule has 0 radical (unpaired) electrons. The number of amides is 1. The highest BCUT2D eigenvalue weighted by Gasteiger charge is 2.28. The van der Waals surface area contributed by atoms with E-state index >= 15 is 0 Å².